The third kappa shape index (κ3) is 2.77. The van der Waals surface area contributed by atoms with Crippen LogP contribution in [-0.4, -0.2) is 11.9 Å². The van der Waals surface area contributed by atoms with Crippen LogP contribution in [0, 0.1) is 0 Å². The molecular weight excluding hydrogens is 370 g/mol. The SMILES string of the molecule is O=C1OC(c2ccccc2Cl)=N/C1=C\c1c2ccccc2cc2ccccc12. The second kappa shape index (κ2) is 6.63. The Hall–Kier alpha value is -3.43. The summed E-state index contributed by atoms with van der Waals surface area (Å²) in [4.78, 5) is 16.9. The van der Waals surface area contributed by atoms with Gasteiger partial charge in [-0.05, 0) is 51.4 Å². The molecule has 0 saturated carbocycles. The molecule has 4 aromatic rings. The van der Waals surface area contributed by atoms with Gasteiger partial charge in [0.15, 0.2) is 5.70 Å². The summed E-state index contributed by atoms with van der Waals surface area (Å²) in [7, 11) is 0. The lowest BCUT2D eigenvalue weighted by atomic mass is 9.96. The average molecular weight is 384 g/mol. The molecule has 0 atom stereocenters. The van der Waals surface area contributed by atoms with Gasteiger partial charge in [-0.25, -0.2) is 9.79 Å². The number of hydrogen-bond acceptors (Lipinski definition) is 3. The van der Waals surface area contributed by atoms with Crippen molar-refractivity contribution in [3.63, 3.8) is 0 Å². The molecule has 4 heteroatoms. The lowest BCUT2D eigenvalue weighted by molar-refractivity contribution is -0.129. The van der Waals surface area contributed by atoms with Crippen molar-refractivity contribution >= 4 is 51.1 Å². The average Bonchev–Trinajstić information content (AvgIpc) is 3.08. The van der Waals surface area contributed by atoms with Crippen LogP contribution < -0.4 is 0 Å². The highest BCUT2D eigenvalue weighted by atomic mass is 35.5. The molecule has 0 radical (unpaired) electrons. The fraction of sp³-hybridized carbons (Fsp3) is 0. The number of esters is 1. The van der Waals surface area contributed by atoms with Crippen molar-refractivity contribution in [1.82, 2.24) is 0 Å². The van der Waals surface area contributed by atoms with Gasteiger partial charge in [0.05, 0.1) is 10.6 Å². The van der Waals surface area contributed by atoms with Crippen LogP contribution in [0.5, 0.6) is 0 Å². The van der Waals surface area contributed by atoms with Crippen molar-refractivity contribution in [2.24, 2.45) is 4.99 Å². The predicted octanol–water partition coefficient (Wildman–Crippen LogP) is 5.99. The van der Waals surface area contributed by atoms with E-state index in [4.69, 9.17) is 16.3 Å². The molecule has 0 spiro atoms. The maximum absolute atomic E-state index is 12.5. The number of halogens is 1. The van der Waals surface area contributed by atoms with Crippen molar-refractivity contribution < 1.29 is 9.53 Å². The number of carbonyl (C=O) groups is 1. The zero-order chi connectivity index (χ0) is 19.1. The largest absolute Gasteiger partial charge is 0.402 e. The third-order valence-electron chi connectivity index (χ3n) is 4.82. The number of carbonyl (C=O) groups excluding carboxylic acids is 1. The molecule has 0 amide bonds. The highest BCUT2D eigenvalue weighted by Gasteiger charge is 2.26. The van der Waals surface area contributed by atoms with Gasteiger partial charge in [-0.15, -0.1) is 0 Å². The molecule has 28 heavy (non-hydrogen) atoms. The quantitative estimate of drug-likeness (QED) is 0.242. The van der Waals surface area contributed by atoms with Gasteiger partial charge in [-0.2, -0.15) is 0 Å². The molecule has 134 valence electrons. The Morgan fingerprint density at radius 2 is 1.43 bits per heavy atom. The monoisotopic (exact) mass is 383 g/mol. The maximum atomic E-state index is 12.5. The summed E-state index contributed by atoms with van der Waals surface area (Å²) in [5.41, 5.74) is 1.81. The molecule has 1 aliphatic rings. The van der Waals surface area contributed by atoms with Crippen LogP contribution in [0.15, 0.2) is 89.6 Å². The molecule has 0 saturated heterocycles. The molecule has 1 aliphatic heterocycles. The molecule has 3 nitrogen and oxygen atoms in total. The standard InChI is InChI=1S/C24H14ClNO2/c25-21-12-6-5-11-19(21)23-26-22(24(27)28-23)14-20-17-9-3-1-7-15(17)13-16-8-2-4-10-18(16)20/h1-14H/b22-14-. The van der Waals surface area contributed by atoms with Crippen molar-refractivity contribution in [3.8, 4) is 0 Å². The highest BCUT2D eigenvalue weighted by molar-refractivity contribution is 6.34. The number of rotatable bonds is 2. The summed E-state index contributed by atoms with van der Waals surface area (Å²) in [5.74, 6) is -0.252. The first kappa shape index (κ1) is 16.7. The van der Waals surface area contributed by atoms with Gasteiger partial charge in [-0.3, -0.25) is 0 Å². The first-order valence-corrected chi connectivity index (χ1v) is 9.26. The summed E-state index contributed by atoms with van der Waals surface area (Å²) in [5, 5.41) is 4.82. The van der Waals surface area contributed by atoms with Gasteiger partial charge in [0.1, 0.15) is 0 Å². The molecule has 5 rings (SSSR count). The van der Waals surface area contributed by atoms with E-state index in [2.05, 4.69) is 23.2 Å². The first-order chi connectivity index (χ1) is 13.7. The Morgan fingerprint density at radius 3 is 2.11 bits per heavy atom. The number of nitrogens with zero attached hydrogens (tertiary/aromatic N) is 1. The van der Waals surface area contributed by atoms with Crippen molar-refractivity contribution in [3.05, 3.63) is 101 Å². The molecule has 4 aromatic carbocycles. The summed E-state index contributed by atoms with van der Waals surface area (Å²) in [6.07, 6.45) is 1.80. The molecule has 0 unspecified atom stereocenters. The van der Waals surface area contributed by atoms with Crippen LogP contribution >= 0.6 is 11.6 Å². The van der Waals surface area contributed by atoms with E-state index < -0.39 is 5.97 Å². The smallest absolute Gasteiger partial charge is 0.363 e. The van der Waals surface area contributed by atoms with Gasteiger partial charge in [-0.1, -0.05) is 72.3 Å². The molecule has 0 N–H and O–H groups in total. The number of ether oxygens (including phenoxy) is 1. The van der Waals surface area contributed by atoms with Gasteiger partial charge in [0, 0.05) is 0 Å². The normalized spacial score (nSPS) is 15.2. The molecule has 0 aliphatic carbocycles. The fourth-order valence-corrected chi connectivity index (χ4v) is 3.72. The zero-order valence-electron chi connectivity index (χ0n) is 14.7. The summed E-state index contributed by atoms with van der Waals surface area (Å²) in [6.45, 7) is 0. The Kier molecular flexibility index (Phi) is 3.96. The minimum absolute atomic E-state index is 0.228. The second-order valence-electron chi connectivity index (χ2n) is 6.55. The lowest BCUT2D eigenvalue weighted by Gasteiger charge is -2.08. The Bertz CT molecular complexity index is 1270. The maximum Gasteiger partial charge on any atom is 0.363 e. The predicted molar refractivity (Wildman–Crippen MR) is 114 cm³/mol. The Morgan fingerprint density at radius 1 is 0.821 bits per heavy atom. The van der Waals surface area contributed by atoms with E-state index in [1.807, 2.05) is 48.5 Å². The fourth-order valence-electron chi connectivity index (χ4n) is 3.50. The number of cyclic esters (lactones) is 1. The van der Waals surface area contributed by atoms with E-state index in [0.29, 0.717) is 10.6 Å². The van der Waals surface area contributed by atoms with E-state index in [-0.39, 0.29) is 11.6 Å². The number of hydrogen-bond donors (Lipinski definition) is 0. The molecule has 0 fully saturated rings. The van der Waals surface area contributed by atoms with Crippen molar-refractivity contribution in [1.29, 1.82) is 0 Å². The highest BCUT2D eigenvalue weighted by Crippen LogP contribution is 2.32. The summed E-state index contributed by atoms with van der Waals surface area (Å²) in [6, 6.07) is 25.5. The minimum atomic E-state index is -0.480. The van der Waals surface area contributed by atoms with Crippen LogP contribution in [0.1, 0.15) is 11.1 Å². The summed E-state index contributed by atoms with van der Waals surface area (Å²) < 4.78 is 5.40. The van der Waals surface area contributed by atoms with Crippen LogP contribution in [0.2, 0.25) is 5.02 Å². The number of fused-ring (bicyclic) bond motifs is 2. The minimum Gasteiger partial charge on any atom is -0.402 e. The first-order valence-electron chi connectivity index (χ1n) is 8.89. The third-order valence-corrected chi connectivity index (χ3v) is 5.15. The van der Waals surface area contributed by atoms with E-state index in [0.717, 1.165) is 27.1 Å². The van der Waals surface area contributed by atoms with Crippen molar-refractivity contribution in [2.45, 2.75) is 0 Å². The second-order valence-corrected chi connectivity index (χ2v) is 6.96. The van der Waals surface area contributed by atoms with E-state index in [9.17, 15) is 4.79 Å². The van der Waals surface area contributed by atoms with Gasteiger partial charge < -0.3 is 4.74 Å². The topological polar surface area (TPSA) is 38.7 Å². The number of aliphatic imine (C=N–C) groups is 1. The van der Waals surface area contributed by atoms with E-state index in [1.54, 1.807) is 18.2 Å². The van der Waals surface area contributed by atoms with Crippen LogP contribution in [0.25, 0.3) is 27.6 Å². The molecule has 0 aromatic heterocycles. The Balaban J connectivity index is 1.73. The van der Waals surface area contributed by atoms with Crippen LogP contribution in [-0.2, 0) is 9.53 Å². The van der Waals surface area contributed by atoms with Crippen LogP contribution in [0.3, 0.4) is 0 Å². The summed E-state index contributed by atoms with van der Waals surface area (Å²) >= 11 is 6.22. The van der Waals surface area contributed by atoms with Gasteiger partial charge in [0.2, 0.25) is 5.90 Å². The Labute approximate surface area is 166 Å². The van der Waals surface area contributed by atoms with Crippen LogP contribution in [0.4, 0.5) is 0 Å². The van der Waals surface area contributed by atoms with Gasteiger partial charge >= 0.3 is 5.97 Å². The van der Waals surface area contributed by atoms with E-state index in [1.165, 1.54) is 0 Å². The lowest BCUT2D eigenvalue weighted by Crippen LogP contribution is -2.05. The molecule has 0 bridgehead atoms. The van der Waals surface area contributed by atoms with Crippen molar-refractivity contribution in [2.75, 3.05) is 0 Å². The molecule has 1 heterocycles. The zero-order valence-corrected chi connectivity index (χ0v) is 15.5. The van der Waals surface area contributed by atoms with E-state index >= 15 is 0 Å². The number of benzene rings is 4. The van der Waals surface area contributed by atoms with Gasteiger partial charge in [0.25, 0.3) is 0 Å². The molecular formula is C24H14ClNO2.